The Labute approximate surface area is 113 Å². The van der Waals surface area contributed by atoms with Crippen molar-refractivity contribution in [3.05, 3.63) is 18.4 Å². The van der Waals surface area contributed by atoms with Gasteiger partial charge in [0.1, 0.15) is 5.69 Å². The van der Waals surface area contributed by atoms with Gasteiger partial charge in [0, 0.05) is 19.5 Å². The van der Waals surface area contributed by atoms with Crippen molar-refractivity contribution in [1.82, 2.24) is 25.0 Å². The fraction of sp³-hybridized carbons (Fsp3) is 0.615. The van der Waals surface area contributed by atoms with Gasteiger partial charge in [0.25, 0.3) is 0 Å². The number of imidazole rings is 1. The van der Waals surface area contributed by atoms with Crippen LogP contribution in [0.15, 0.2) is 17.0 Å². The van der Waals surface area contributed by atoms with E-state index in [9.17, 15) is 0 Å². The number of nitrogens with one attached hydrogen (secondary N) is 1. The highest BCUT2D eigenvalue weighted by molar-refractivity contribution is 5.46. The molecule has 1 N–H and O–H groups in total. The molecule has 2 rings (SSSR count). The second-order valence-electron chi connectivity index (χ2n) is 4.80. The Morgan fingerprint density at radius 1 is 1.47 bits per heavy atom. The summed E-state index contributed by atoms with van der Waals surface area (Å²) < 4.78 is 7.14. The summed E-state index contributed by atoms with van der Waals surface area (Å²) in [6.07, 6.45) is 6.40. The molecule has 2 aromatic rings. The van der Waals surface area contributed by atoms with Gasteiger partial charge < -0.3 is 14.4 Å². The summed E-state index contributed by atoms with van der Waals surface area (Å²) in [5.74, 6) is 1.28. The normalized spacial score (nSPS) is 12.8. The highest BCUT2D eigenvalue weighted by atomic mass is 16.5. The molecule has 0 saturated carbocycles. The minimum absolute atomic E-state index is 0.465. The second kappa shape index (κ2) is 6.47. The van der Waals surface area contributed by atoms with E-state index in [1.54, 1.807) is 12.5 Å². The van der Waals surface area contributed by atoms with Gasteiger partial charge in [-0.3, -0.25) is 0 Å². The number of hydrogen-bond donors (Lipinski definition) is 1. The van der Waals surface area contributed by atoms with Gasteiger partial charge in [-0.05, 0) is 26.3 Å². The van der Waals surface area contributed by atoms with Crippen LogP contribution in [0, 0.1) is 0 Å². The molecule has 2 heterocycles. The number of aromatic nitrogens is 4. The first-order valence-electron chi connectivity index (χ1n) is 6.73. The lowest BCUT2D eigenvalue weighted by Crippen LogP contribution is -2.27. The van der Waals surface area contributed by atoms with Crippen molar-refractivity contribution in [2.24, 2.45) is 7.05 Å². The first-order chi connectivity index (χ1) is 9.20. The molecule has 0 aliphatic carbocycles. The van der Waals surface area contributed by atoms with Gasteiger partial charge in [-0.15, -0.1) is 0 Å². The third-order valence-electron chi connectivity index (χ3n) is 3.05. The van der Waals surface area contributed by atoms with Crippen LogP contribution >= 0.6 is 0 Å². The van der Waals surface area contributed by atoms with Crippen molar-refractivity contribution in [3.8, 4) is 11.5 Å². The molecule has 0 aromatic carbocycles. The topological polar surface area (TPSA) is 68.8 Å². The number of aryl methyl sites for hydroxylation is 2. The molecule has 0 aliphatic rings. The predicted molar refractivity (Wildman–Crippen MR) is 72.6 cm³/mol. The molecule has 6 nitrogen and oxygen atoms in total. The van der Waals surface area contributed by atoms with E-state index in [0.717, 1.165) is 31.5 Å². The van der Waals surface area contributed by atoms with E-state index in [1.165, 1.54) is 0 Å². The predicted octanol–water partition coefficient (Wildman–Crippen LogP) is 1.79. The summed E-state index contributed by atoms with van der Waals surface area (Å²) in [5, 5.41) is 7.43. The zero-order chi connectivity index (χ0) is 13.7. The van der Waals surface area contributed by atoms with Gasteiger partial charge in [0.15, 0.2) is 0 Å². The third-order valence-corrected chi connectivity index (χ3v) is 3.05. The number of nitrogens with zero attached hydrogens (tertiary/aromatic N) is 4. The van der Waals surface area contributed by atoms with Crippen molar-refractivity contribution >= 4 is 0 Å². The van der Waals surface area contributed by atoms with Crippen molar-refractivity contribution in [3.63, 3.8) is 0 Å². The van der Waals surface area contributed by atoms with Gasteiger partial charge in [-0.2, -0.15) is 4.98 Å². The number of rotatable bonds is 7. The quantitative estimate of drug-likeness (QED) is 0.824. The Balaban J connectivity index is 1.89. The van der Waals surface area contributed by atoms with E-state index in [0.29, 0.717) is 17.8 Å². The second-order valence-corrected chi connectivity index (χ2v) is 4.80. The molecule has 0 aliphatic heterocycles. The lowest BCUT2D eigenvalue weighted by Gasteiger charge is -2.10. The Kier molecular flexibility index (Phi) is 4.68. The first-order valence-corrected chi connectivity index (χ1v) is 6.73. The van der Waals surface area contributed by atoms with Crippen molar-refractivity contribution in [1.29, 1.82) is 0 Å². The zero-order valence-corrected chi connectivity index (χ0v) is 11.8. The van der Waals surface area contributed by atoms with Crippen molar-refractivity contribution in [2.45, 2.75) is 39.2 Å². The average molecular weight is 263 g/mol. The zero-order valence-electron chi connectivity index (χ0n) is 11.8. The summed E-state index contributed by atoms with van der Waals surface area (Å²) in [5.41, 5.74) is 0.868. The van der Waals surface area contributed by atoms with E-state index >= 15 is 0 Å². The van der Waals surface area contributed by atoms with Gasteiger partial charge >= 0.3 is 0 Å². The molecule has 1 atom stereocenters. The molecular formula is C13H21N5O. The molecule has 0 fully saturated rings. The minimum Gasteiger partial charge on any atom is -0.339 e. The van der Waals surface area contributed by atoms with E-state index in [4.69, 9.17) is 4.52 Å². The molecule has 0 spiro atoms. The Morgan fingerprint density at radius 2 is 2.32 bits per heavy atom. The van der Waals surface area contributed by atoms with Gasteiger partial charge in [0.2, 0.25) is 11.7 Å². The Morgan fingerprint density at radius 3 is 3.00 bits per heavy atom. The Hall–Kier alpha value is -1.69. The van der Waals surface area contributed by atoms with Crippen molar-refractivity contribution < 1.29 is 4.52 Å². The highest BCUT2D eigenvalue weighted by Crippen LogP contribution is 2.14. The molecule has 0 saturated heterocycles. The molecule has 0 amide bonds. The molecule has 2 aromatic heterocycles. The maximum absolute atomic E-state index is 5.27. The van der Waals surface area contributed by atoms with Gasteiger partial charge in [-0.1, -0.05) is 12.1 Å². The standard InChI is InChI=1S/C13H21N5O/c1-4-7-15-10(2)5-6-12-16-13(17-19-12)11-8-14-9-18(11)3/h8-10,15H,4-7H2,1-3H3. The van der Waals surface area contributed by atoms with E-state index in [-0.39, 0.29) is 0 Å². The van der Waals surface area contributed by atoms with Crippen LogP contribution in [0.1, 0.15) is 32.6 Å². The lowest BCUT2D eigenvalue weighted by atomic mass is 10.2. The smallest absolute Gasteiger partial charge is 0.227 e. The van der Waals surface area contributed by atoms with Crippen LogP contribution in [0.4, 0.5) is 0 Å². The molecular weight excluding hydrogens is 242 g/mol. The van der Waals surface area contributed by atoms with E-state index in [1.807, 2.05) is 11.6 Å². The van der Waals surface area contributed by atoms with Crippen LogP contribution in [0.2, 0.25) is 0 Å². The van der Waals surface area contributed by atoms with Crippen LogP contribution in [0.5, 0.6) is 0 Å². The summed E-state index contributed by atoms with van der Waals surface area (Å²) in [7, 11) is 1.91. The maximum atomic E-state index is 5.27. The molecule has 0 bridgehead atoms. The van der Waals surface area contributed by atoms with Crippen LogP contribution in [-0.4, -0.2) is 32.3 Å². The lowest BCUT2D eigenvalue weighted by molar-refractivity contribution is 0.367. The Bertz CT molecular complexity index is 505. The summed E-state index contributed by atoms with van der Waals surface area (Å²) in [6.45, 7) is 5.39. The van der Waals surface area contributed by atoms with Crippen LogP contribution in [0.3, 0.4) is 0 Å². The largest absolute Gasteiger partial charge is 0.339 e. The minimum atomic E-state index is 0.465. The molecule has 19 heavy (non-hydrogen) atoms. The van der Waals surface area contributed by atoms with Gasteiger partial charge in [0.05, 0.1) is 12.5 Å². The number of hydrogen-bond acceptors (Lipinski definition) is 5. The van der Waals surface area contributed by atoms with E-state index in [2.05, 4.69) is 34.3 Å². The molecule has 6 heteroatoms. The SMILES string of the molecule is CCCNC(C)CCc1nc(-c2cncn2C)no1. The average Bonchev–Trinajstić information content (AvgIpc) is 3.02. The third kappa shape index (κ3) is 3.64. The van der Waals surface area contributed by atoms with Crippen LogP contribution in [-0.2, 0) is 13.5 Å². The van der Waals surface area contributed by atoms with Crippen molar-refractivity contribution in [2.75, 3.05) is 6.54 Å². The van der Waals surface area contributed by atoms with Crippen LogP contribution < -0.4 is 5.32 Å². The summed E-state index contributed by atoms with van der Waals surface area (Å²) in [4.78, 5) is 8.45. The molecule has 104 valence electrons. The fourth-order valence-corrected chi connectivity index (χ4v) is 1.87. The monoisotopic (exact) mass is 263 g/mol. The molecule has 0 radical (unpaired) electrons. The highest BCUT2D eigenvalue weighted by Gasteiger charge is 2.12. The first kappa shape index (κ1) is 13.7. The fourth-order valence-electron chi connectivity index (χ4n) is 1.87. The molecule has 1 unspecified atom stereocenters. The summed E-state index contributed by atoms with van der Waals surface area (Å²) >= 11 is 0. The van der Waals surface area contributed by atoms with Crippen LogP contribution in [0.25, 0.3) is 11.5 Å². The maximum Gasteiger partial charge on any atom is 0.227 e. The summed E-state index contributed by atoms with van der Waals surface area (Å²) in [6, 6.07) is 0.465. The van der Waals surface area contributed by atoms with E-state index < -0.39 is 0 Å². The van der Waals surface area contributed by atoms with Gasteiger partial charge in [-0.25, -0.2) is 4.98 Å².